The summed E-state index contributed by atoms with van der Waals surface area (Å²) in [5.74, 6) is -0.161. The van der Waals surface area contributed by atoms with Crippen LogP contribution in [0, 0.1) is 5.82 Å². The van der Waals surface area contributed by atoms with E-state index in [1.165, 1.54) is 18.1 Å². The molecule has 0 spiro atoms. The summed E-state index contributed by atoms with van der Waals surface area (Å²) >= 11 is 0. The van der Waals surface area contributed by atoms with Gasteiger partial charge in [0.05, 0.1) is 0 Å². The first-order valence-corrected chi connectivity index (χ1v) is 7.19. The molecule has 0 fully saturated rings. The topological polar surface area (TPSA) is 27.8 Å². The summed E-state index contributed by atoms with van der Waals surface area (Å²) in [6, 6.07) is 5.49. The van der Waals surface area contributed by atoms with Crippen molar-refractivity contribution in [1.29, 1.82) is 0 Å². The monoisotopic (exact) mass is 262 g/mol. The fourth-order valence-electron chi connectivity index (χ4n) is 2.45. The van der Waals surface area contributed by atoms with E-state index in [1.807, 2.05) is 6.20 Å². The maximum Gasteiger partial charge on any atom is 0.123 e. The minimum atomic E-state index is -0.161. The molecule has 2 rings (SSSR count). The average Bonchev–Trinajstić information content (AvgIpc) is 2.79. The zero-order valence-corrected chi connectivity index (χ0v) is 11.8. The summed E-state index contributed by atoms with van der Waals surface area (Å²) in [5, 5.41) is 4.51. The van der Waals surface area contributed by atoms with Crippen LogP contribution in [-0.2, 0) is 6.42 Å². The third kappa shape index (κ3) is 3.80. The Balaban J connectivity index is 1.89. The third-order valence-corrected chi connectivity index (χ3v) is 3.56. The number of rotatable bonds is 7. The van der Waals surface area contributed by atoms with Crippen LogP contribution in [-0.4, -0.2) is 17.6 Å². The Morgan fingerprint density at radius 2 is 2.21 bits per heavy atom. The predicted molar refractivity (Wildman–Crippen MR) is 79.0 cm³/mol. The number of fused-ring (bicyclic) bond motifs is 1. The highest BCUT2D eigenvalue weighted by Gasteiger charge is 2.06. The number of aromatic amines is 1. The van der Waals surface area contributed by atoms with Crippen LogP contribution in [0.1, 0.15) is 38.7 Å². The number of halogens is 1. The summed E-state index contributed by atoms with van der Waals surface area (Å²) in [7, 11) is 0. The molecule has 1 aromatic heterocycles. The van der Waals surface area contributed by atoms with E-state index in [1.54, 1.807) is 12.1 Å². The average molecular weight is 262 g/mol. The highest BCUT2D eigenvalue weighted by atomic mass is 19.1. The predicted octanol–water partition coefficient (Wildman–Crippen LogP) is 4.02. The first-order chi connectivity index (χ1) is 9.20. The molecule has 0 amide bonds. The summed E-state index contributed by atoms with van der Waals surface area (Å²) in [5.41, 5.74) is 2.24. The Labute approximate surface area is 114 Å². The maximum atomic E-state index is 13.3. The van der Waals surface area contributed by atoms with Gasteiger partial charge in [0.25, 0.3) is 0 Å². The van der Waals surface area contributed by atoms with Gasteiger partial charge in [-0.2, -0.15) is 0 Å². The van der Waals surface area contributed by atoms with Crippen LogP contribution < -0.4 is 5.32 Å². The van der Waals surface area contributed by atoms with Gasteiger partial charge in [0.1, 0.15) is 5.82 Å². The second kappa shape index (κ2) is 6.71. The van der Waals surface area contributed by atoms with Crippen LogP contribution in [0.5, 0.6) is 0 Å². The molecular formula is C16H23FN2. The third-order valence-electron chi connectivity index (χ3n) is 3.56. The number of aromatic nitrogens is 1. The van der Waals surface area contributed by atoms with Crippen LogP contribution in [0.3, 0.4) is 0 Å². The van der Waals surface area contributed by atoms with Crippen molar-refractivity contribution in [2.75, 3.05) is 6.54 Å². The second-order valence-electron chi connectivity index (χ2n) is 5.25. The Bertz CT molecular complexity index is 518. The van der Waals surface area contributed by atoms with E-state index in [0.29, 0.717) is 6.04 Å². The molecule has 1 atom stereocenters. The molecule has 0 radical (unpaired) electrons. The van der Waals surface area contributed by atoms with Gasteiger partial charge in [0, 0.05) is 23.1 Å². The van der Waals surface area contributed by atoms with Crippen molar-refractivity contribution in [3.8, 4) is 0 Å². The highest BCUT2D eigenvalue weighted by molar-refractivity contribution is 5.83. The number of hydrogen-bond donors (Lipinski definition) is 2. The zero-order chi connectivity index (χ0) is 13.7. The molecular weight excluding hydrogens is 239 g/mol. The molecule has 104 valence electrons. The van der Waals surface area contributed by atoms with Crippen molar-refractivity contribution in [2.45, 2.75) is 45.6 Å². The Morgan fingerprint density at radius 1 is 1.37 bits per heavy atom. The minimum absolute atomic E-state index is 0.161. The van der Waals surface area contributed by atoms with Crippen molar-refractivity contribution in [3.05, 3.63) is 35.8 Å². The van der Waals surface area contributed by atoms with E-state index in [4.69, 9.17) is 0 Å². The molecule has 1 aromatic carbocycles. The van der Waals surface area contributed by atoms with E-state index in [9.17, 15) is 4.39 Å². The van der Waals surface area contributed by atoms with Gasteiger partial charge in [0.15, 0.2) is 0 Å². The number of benzene rings is 1. The summed E-state index contributed by atoms with van der Waals surface area (Å²) in [4.78, 5) is 3.21. The van der Waals surface area contributed by atoms with Gasteiger partial charge in [0.2, 0.25) is 0 Å². The standard InChI is InChI=1S/C16H23FN2/c1-3-9-18-12(2)5-4-6-13-11-19-16-8-7-14(17)10-15(13)16/h7-8,10-12,18-19H,3-6,9H2,1-2H3. The minimum Gasteiger partial charge on any atom is -0.361 e. The summed E-state index contributed by atoms with van der Waals surface area (Å²) < 4.78 is 13.3. The quantitative estimate of drug-likeness (QED) is 0.775. The van der Waals surface area contributed by atoms with Crippen molar-refractivity contribution in [2.24, 2.45) is 0 Å². The normalized spacial score (nSPS) is 13.0. The Morgan fingerprint density at radius 3 is 3.00 bits per heavy atom. The maximum absolute atomic E-state index is 13.3. The number of nitrogens with one attached hydrogen (secondary N) is 2. The SMILES string of the molecule is CCCNC(C)CCCc1c[nH]c2ccc(F)cc12. The smallest absolute Gasteiger partial charge is 0.123 e. The molecule has 0 aliphatic heterocycles. The van der Waals surface area contributed by atoms with Crippen molar-refractivity contribution < 1.29 is 4.39 Å². The van der Waals surface area contributed by atoms with Gasteiger partial charge in [-0.1, -0.05) is 6.92 Å². The van der Waals surface area contributed by atoms with Crippen LogP contribution in [0.4, 0.5) is 4.39 Å². The second-order valence-corrected chi connectivity index (χ2v) is 5.25. The molecule has 1 heterocycles. The number of H-pyrrole nitrogens is 1. The molecule has 0 aliphatic carbocycles. The summed E-state index contributed by atoms with van der Waals surface area (Å²) in [6.45, 7) is 5.49. The molecule has 1 unspecified atom stereocenters. The Hall–Kier alpha value is -1.35. The molecule has 0 aliphatic rings. The van der Waals surface area contributed by atoms with Crippen molar-refractivity contribution in [3.63, 3.8) is 0 Å². The Kier molecular flexibility index (Phi) is 4.97. The van der Waals surface area contributed by atoms with E-state index in [2.05, 4.69) is 24.1 Å². The van der Waals surface area contributed by atoms with Crippen molar-refractivity contribution >= 4 is 10.9 Å². The number of hydrogen-bond acceptors (Lipinski definition) is 1. The number of aryl methyl sites for hydroxylation is 1. The van der Waals surface area contributed by atoms with E-state index >= 15 is 0 Å². The van der Waals surface area contributed by atoms with E-state index < -0.39 is 0 Å². The lowest BCUT2D eigenvalue weighted by atomic mass is 10.0. The lowest BCUT2D eigenvalue weighted by Crippen LogP contribution is -2.26. The first kappa shape index (κ1) is 14.1. The van der Waals surface area contributed by atoms with Crippen LogP contribution in [0.25, 0.3) is 10.9 Å². The fourth-order valence-corrected chi connectivity index (χ4v) is 2.45. The van der Waals surface area contributed by atoms with Gasteiger partial charge in [-0.05, 0) is 62.9 Å². The van der Waals surface area contributed by atoms with E-state index in [-0.39, 0.29) is 5.82 Å². The molecule has 0 saturated carbocycles. The molecule has 2 nitrogen and oxygen atoms in total. The fraction of sp³-hybridized carbons (Fsp3) is 0.500. The van der Waals surface area contributed by atoms with Gasteiger partial charge in [-0.25, -0.2) is 4.39 Å². The largest absolute Gasteiger partial charge is 0.361 e. The van der Waals surface area contributed by atoms with Gasteiger partial charge >= 0.3 is 0 Å². The summed E-state index contributed by atoms with van der Waals surface area (Å²) in [6.07, 6.45) is 6.46. The highest BCUT2D eigenvalue weighted by Crippen LogP contribution is 2.21. The lowest BCUT2D eigenvalue weighted by molar-refractivity contribution is 0.498. The molecule has 0 bridgehead atoms. The molecule has 2 aromatic rings. The van der Waals surface area contributed by atoms with Gasteiger partial charge in [-0.3, -0.25) is 0 Å². The molecule has 2 N–H and O–H groups in total. The lowest BCUT2D eigenvalue weighted by Gasteiger charge is -2.12. The molecule has 19 heavy (non-hydrogen) atoms. The van der Waals surface area contributed by atoms with Crippen LogP contribution in [0.2, 0.25) is 0 Å². The van der Waals surface area contributed by atoms with Crippen LogP contribution in [0.15, 0.2) is 24.4 Å². The van der Waals surface area contributed by atoms with Crippen LogP contribution >= 0.6 is 0 Å². The van der Waals surface area contributed by atoms with Gasteiger partial charge < -0.3 is 10.3 Å². The molecule has 3 heteroatoms. The zero-order valence-electron chi connectivity index (χ0n) is 11.8. The van der Waals surface area contributed by atoms with E-state index in [0.717, 1.165) is 36.7 Å². The van der Waals surface area contributed by atoms with Gasteiger partial charge in [-0.15, -0.1) is 0 Å². The first-order valence-electron chi connectivity index (χ1n) is 7.19. The van der Waals surface area contributed by atoms with Crippen molar-refractivity contribution in [1.82, 2.24) is 10.3 Å². The molecule has 0 saturated heterocycles.